The molecule has 1 saturated heterocycles. The number of aromatic nitrogens is 3. The predicted molar refractivity (Wildman–Crippen MR) is 173 cm³/mol. The van der Waals surface area contributed by atoms with E-state index in [9.17, 15) is 22.4 Å². The van der Waals surface area contributed by atoms with Crippen LogP contribution in [0.25, 0.3) is 17.1 Å². The number of alkyl halides is 3. The monoisotopic (exact) mass is 652 g/mol. The lowest BCUT2D eigenvalue weighted by molar-refractivity contribution is -0.274. The van der Waals surface area contributed by atoms with E-state index in [1.54, 1.807) is 13.0 Å². The number of amidine groups is 1. The minimum Gasteiger partial charge on any atom is -0.406 e. The number of hydrogen-bond donors (Lipinski definition) is 0. The summed E-state index contributed by atoms with van der Waals surface area (Å²) in [6.45, 7) is 8.41. The van der Waals surface area contributed by atoms with Crippen molar-refractivity contribution in [2.75, 3.05) is 17.2 Å². The molecule has 0 saturated carbocycles. The van der Waals surface area contributed by atoms with E-state index >= 15 is 0 Å². The van der Waals surface area contributed by atoms with E-state index in [0.717, 1.165) is 34.6 Å². The van der Waals surface area contributed by atoms with Gasteiger partial charge in [-0.3, -0.25) is 0 Å². The van der Waals surface area contributed by atoms with Crippen molar-refractivity contribution >= 4 is 34.4 Å². The van der Waals surface area contributed by atoms with E-state index in [1.165, 1.54) is 59.2 Å². The van der Waals surface area contributed by atoms with E-state index in [1.807, 2.05) is 49.9 Å². The standard InChI is InChI=1S/C33H32F4N6O2S/c1-20(2)28-18-25(34)10-15-29(28)42-16-5-17-46-32(42)40-31(44)39-22(4)21(3)23-6-8-24(9-7-23)30-38-19-43(41-30)26-11-13-27(14-12-26)45-33(35,36)37/h6-15,18-21H,5,16-17H2,1-4H3. The van der Waals surface area contributed by atoms with Gasteiger partial charge >= 0.3 is 12.4 Å². The number of aliphatic imine (C=N–C) groups is 2. The molecule has 46 heavy (non-hydrogen) atoms. The smallest absolute Gasteiger partial charge is 0.406 e. The number of carbonyl (C=O) groups is 1. The lowest BCUT2D eigenvalue weighted by atomic mass is 9.96. The molecule has 3 aromatic carbocycles. The van der Waals surface area contributed by atoms with Gasteiger partial charge in [0.25, 0.3) is 0 Å². The zero-order valence-electron chi connectivity index (χ0n) is 25.6. The molecule has 0 N–H and O–H groups in total. The van der Waals surface area contributed by atoms with Crippen LogP contribution < -0.4 is 9.64 Å². The molecule has 2 amide bonds. The Labute approximate surface area is 268 Å². The molecule has 0 aliphatic carbocycles. The Bertz CT molecular complexity index is 1750. The molecular weight excluding hydrogens is 620 g/mol. The average Bonchev–Trinajstić information content (AvgIpc) is 3.51. The van der Waals surface area contributed by atoms with Gasteiger partial charge in [-0.1, -0.05) is 56.8 Å². The first-order valence-electron chi connectivity index (χ1n) is 14.6. The molecule has 240 valence electrons. The Morgan fingerprint density at radius 1 is 1.02 bits per heavy atom. The maximum atomic E-state index is 14.0. The number of ether oxygens (including phenoxy) is 1. The van der Waals surface area contributed by atoms with Crippen LogP contribution in [-0.2, 0) is 0 Å². The number of rotatable bonds is 7. The summed E-state index contributed by atoms with van der Waals surface area (Å²) in [7, 11) is 0. The molecule has 8 nitrogen and oxygen atoms in total. The Morgan fingerprint density at radius 3 is 2.41 bits per heavy atom. The number of amides is 2. The van der Waals surface area contributed by atoms with E-state index in [4.69, 9.17) is 0 Å². The molecule has 1 aromatic heterocycles. The largest absolute Gasteiger partial charge is 0.573 e. The molecule has 5 rings (SSSR count). The normalized spacial score (nSPS) is 15.8. The Morgan fingerprint density at radius 2 is 1.74 bits per heavy atom. The number of anilines is 1. The second kappa shape index (κ2) is 13.9. The van der Waals surface area contributed by atoms with Crippen LogP contribution in [0.3, 0.4) is 0 Å². The van der Waals surface area contributed by atoms with Gasteiger partial charge in [-0.15, -0.1) is 18.3 Å². The fourth-order valence-corrected chi connectivity index (χ4v) is 5.89. The van der Waals surface area contributed by atoms with Crippen molar-refractivity contribution < 1.29 is 27.1 Å². The first kappa shape index (κ1) is 32.9. The first-order valence-corrected chi connectivity index (χ1v) is 15.6. The maximum Gasteiger partial charge on any atom is 0.573 e. The zero-order chi connectivity index (χ0) is 33.0. The molecule has 1 aliphatic heterocycles. The molecule has 1 atom stereocenters. The number of carbonyl (C=O) groups excluding carboxylic acids is 1. The summed E-state index contributed by atoms with van der Waals surface area (Å²) in [6.07, 6.45) is -2.38. The van der Waals surface area contributed by atoms with Crippen molar-refractivity contribution in [1.82, 2.24) is 14.8 Å². The summed E-state index contributed by atoms with van der Waals surface area (Å²) in [6, 6.07) is 16.9. The van der Waals surface area contributed by atoms with Crippen LogP contribution in [0.1, 0.15) is 57.1 Å². The van der Waals surface area contributed by atoms with Gasteiger partial charge < -0.3 is 9.64 Å². The van der Waals surface area contributed by atoms with Crippen molar-refractivity contribution in [3.63, 3.8) is 0 Å². The van der Waals surface area contributed by atoms with E-state index in [-0.39, 0.29) is 23.4 Å². The summed E-state index contributed by atoms with van der Waals surface area (Å²) >= 11 is 1.49. The summed E-state index contributed by atoms with van der Waals surface area (Å²) < 4.78 is 56.7. The van der Waals surface area contributed by atoms with Crippen LogP contribution >= 0.6 is 11.8 Å². The van der Waals surface area contributed by atoms with Crippen molar-refractivity contribution in [1.29, 1.82) is 0 Å². The minimum absolute atomic E-state index is 0.0936. The van der Waals surface area contributed by atoms with Crippen LogP contribution in [-0.4, -0.2) is 50.3 Å². The SMILES string of the molecule is CC(=NC(=O)N=C1SCCCN1c1ccc(F)cc1C(C)C)C(C)c1ccc(-c2ncn(-c3ccc(OC(F)(F)F)cc3)n2)cc1. The molecular formula is C33H32F4N6O2S. The zero-order valence-corrected chi connectivity index (χ0v) is 26.4. The van der Waals surface area contributed by atoms with Crippen LogP contribution in [0.5, 0.6) is 5.75 Å². The van der Waals surface area contributed by atoms with E-state index in [2.05, 4.69) is 24.8 Å². The molecule has 0 spiro atoms. The van der Waals surface area contributed by atoms with Crippen molar-refractivity contribution in [2.45, 2.75) is 52.3 Å². The third-order valence-corrected chi connectivity index (χ3v) is 8.54. The first-order chi connectivity index (χ1) is 21.9. The third-order valence-electron chi connectivity index (χ3n) is 7.48. The van der Waals surface area contributed by atoms with Crippen LogP contribution in [0, 0.1) is 5.82 Å². The fourth-order valence-electron chi connectivity index (χ4n) is 4.95. The number of urea groups is 1. The third kappa shape index (κ3) is 8.00. The average molecular weight is 653 g/mol. The van der Waals surface area contributed by atoms with Gasteiger partial charge in [-0.25, -0.2) is 23.8 Å². The summed E-state index contributed by atoms with van der Waals surface area (Å²) in [5.41, 5.74) is 4.48. The molecule has 13 heteroatoms. The number of nitrogens with zero attached hydrogens (tertiary/aromatic N) is 6. The van der Waals surface area contributed by atoms with Crippen molar-refractivity contribution in [2.24, 2.45) is 9.98 Å². The Balaban J connectivity index is 1.27. The van der Waals surface area contributed by atoms with Gasteiger partial charge in [-0.05, 0) is 72.9 Å². The lowest BCUT2D eigenvalue weighted by Gasteiger charge is -2.31. The molecule has 1 aliphatic rings. The number of thioether (sulfide) groups is 1. The molecule has 0 radical (unpaired) electrons. The molecule has 1 unspecified atom stereocenters. The van der Waals surface area contributed by atoms with Crippen molar-refractivity contribution in [3.05, 3.63) is 90.0 Å². The quantitative estimate of drug-likeness (QED) is 0.147. The van der Waals surface area contributed by atoms with Gasteiger partial charge in [0.05, 0.1) is 5.69 Å². The molecule has 0 bridgehead atoms. The highest BCUT2D eigenvalue weighted by atomic mass is 32.2. The van der Waals surface area contributed by atoms with Gasteiger partial charge in [0, 0.05) is 35.2 Å². The van der Waals surface area contributed by atoms with Crippen LogP contribution in [0.15, 0.2) is 83.0 Å². The highest BCUT2D eigenvalue weighted by Gasteiger charge is 2.31. The van der Waals surface area contributed by atoms with Gasteiger partial charge in [0.1, 0.15) is 17.9 Å². The van der Waals surface area contributed by atoms with Crippen LogP contribution in [0.2, 0.25) is 0 Å². The van der Waals surface area contributed by atoms with E-state index in [0.29, 0.717) is 28.9 Å². The van der Waals surface area contributed by atoms with Crippen molar-refractivity contribution in [3.8, 4) is 22.8 Å². The second-order valence-corrected chi connectivity index (χ2v) is 12.1. The Hall–Kier alpha value is -4.52. The minimum atomic E-state index is -4.76. The highest BCUT2D eigenvalue weighted by molar-refractivity contribution is 8.14. The molecule has 1 fully saturated rings. The van der Waals surface area contributed by atoms with Crippen LogP contribution in [0.4, 0.5) is 28.0 Å². The predicted octanol–water partition coefficient (Wildman–Crippen LogP) is 8.78. The van der Waals surface area contributed by atoms with Gasteiger partial charge in [-0.2, -0.15) is 4.99 Å². The van der Waals surface area contributed by atoms with Gasteiger partial charge in [0.15, 0.2) is 11.0 Å². The molecule has 2 heterocycles. The summed E-state index contributed by atoms with van der Waals surface area (Å²) in [5.74, 6) is 0.545. The summed E-state index contributed by atoms with van der Waals surface area (Å²) in [4.78, 5) is 27.9. The van der Waals surface area contributed by atoms with Gasteiger partial charge in [0.2, 0.25) is 0 Å². The summed E-state index contributed by atoms with van der Waals surface area (Å²) in [5, 5.41) is 4.99. The van der Waals surface area contributed by atoms with E-state index < -0.39 is 12.4 Å². The maximum absolute atomic E-state index is 14.0. The lowest BCUT2D eigenvalue weighted by Crippen LogP contribution is -2.35. The topological polar surface area (TPSA) is 85.0 Å². The highest BCUT2D eigenvalue weighted by Crippen LogP contribution is 2.33. The second-order valence-electron chi connectivity index (χ2n) is 11.0. The number of benzene rings is 3. The Kier molecular flexibility index (Phi) is 9.90. The number of halogens is 4. The fraction of sp³-hybridized carbons (Fsp3) is 0.303. The molecule has 4 aromatic rings. The number of hydrogen-bond acceptors (Lipinski definition) is 5.